The molecule has 4 nitrogen and oxygen atoms in total. The fraction of sp³-hybridized carbons (Fsp3) is 0.333. The number of nitrogens with zero attached hydrogens (tertiary/aromatic N) is 2. The summed E-state index contributed by atoms with van der Waals surface area (Å²) in [6.45, 7) is 3.44. The molecule has 0 bridgehead atoms. The number of aliphatic imine (C=N–C) groups is 1. The summed E-state index contributed by atoms with van der Waals surface area (Å²) in [7, 11) is 1.74. The summed E-state index contributed by atoms with van der Waals surface area (Å²) in [6.07, 6.45) is 2.69. The van der Waals surface area contributed by atoms with Gasteiger partial charge in [0.1, 0.15) is 5.82 Å². The number of benzene rings is 1. The zero-order chi connectivity index (χ0) is 15.1. The lowest BCUT2D eigenvalue weighted by atomic mass is 10.1. The summed E-state index contributed by atoms with van der Waals surface area (Å²) in [4.78, 5) is 9.57. The van der Waals surface area contributed by atoms with E-state index in [1.807, 2.05) is 13.1 Å². The SMILES string of the molecule is CN=C(NCCc1ccc(F)cc1)NCc1cnc(C)s1.I. The van der Waals surface area contributed by atoms with Crippen molar-refractivity contribution in [2.24, 2.45) is 4.99 Å². The van der Waals surface area contributed by atoms with Gasteiger partial charge in [0.15, 0.2) is 5.96 Å². The summed E-state index contributed by atoms with van der Waals surface area (Å²) < 4.78 is 12.8. The minimum Gasteiger partial charge on any atom is -0.356 e. The zero-order valence-corrected chi connectivity index (χ0v) is 15.7. The Kier molecular flexibility index (Phi) is 8.32. The van der Waals surface area contributed by atoms with Gasteiger partial charge in [0.2, 0.25) is 0 Å². The molecule has 2 rings (SSSR count). The van der Waals surface area contributed by atoms with Crippen molar-refractivity contribution in [3.63, 3.8) is 0 Å². The number of hydrogen-bond donors (Lipinski definition) is 2. The molecule has 0 atom stereocenters. The quantitative estimate of drug-likeness (QED) is 0.432. The Morgan fingerprint density at radius 3 is 2.59 bits per heavy atom. The number of thiazole rings is 1. The second-order valence-electron chi connectivity index (χ2n) is 4.57. The number of guanidine groups is 1. The van der Waals surface area contributed by atoms with Crippen molar-refractivity contribution in [3.05, 3.63) is 51.7 Å². The van der Waals surface area contributed by atoms with E-state index in [1.165, 1.54) is 17.0 Å². The monoisotopic (exact) mass is 434 g/mol. The first-order valence-electron chi connectivity index (χ1n) is 6.77. The Morgan fingerprint density at radius 2 is 2.00 bits per heavy atom. The molecule has 0 aliphatic rings. The predicted octanol–water partition coefficient (Wildman–Crippen LogP) is 3.12. The van der Waals surface area contributed by atoms with Crippen LogP contribution in [-0.2, 0) is 13.0 Å². The fourth-order valence-electron chi connectivity index (χ4n) is 1.85. The Morgan fingerprint density at radius 1 is 1.27 bits per heavy atom. The van der Waals surface area contributed by atoms with Gasteiger partial charge < -0.3 is 10.6 Å². The minimum absolute atomic E-state index is 0. The van der Waals surface area contributed by atoms with Crippen LogP contribution in [0.5, 0.6) is 0 Å². The van der Waals surface area contributed by atoms with Gasteiger partial charge in [-0.25, -0.2) is 9.37 Å². The van der Waals surface area contributed by atoms with Gasteiger partial charge in [-0.3, -0.25) is 4.99 Å². The standard InChI is InChI=1S/C15H19FN4S.HI/c1-11-19-9-14(21-11)10-20-15(17-2)18-8-7-12-3-5-13(16)6-4-12;/h3-6,9H,7-8,10H2,1-2H3,(H2,17,18,20);1H. The van der Waals surface area contributed by atoms with Crippen LogP contribution in [0.15, 0.2) is 35.5 Å². The molecule has 2 aromatic rings. The van der Waals surface area contributed by atoms with E-state index in [2.05, 4.69) is 20.6 Å². The lowest BCUT2D eigenvalue weighted by Gasteiger charge is -2.11. The maximum absolute atomic E-state index is 12.8. The topological polar surface area (TPSA) is 49.3 Å². The first kappa shape index (κ1) is 18.8. The average molecular weight is 434 g/mol. The summed E-state index contributed by atoms with van der Waals surface area (Å²) >= 11 is 1.67. The third-order valence-electron chi connectivity index (χ3n) is 2.94. The fourth-order valence-corrected chi connectivity index (χ4v) is 2.59. The molecule has 0 amide bonds. The summed E-state index contributed by atoms with van der Waals surface area (Å²) in [5.41, 5.74) is 1.09. The highest BCUT2D eigenvalue weighted by atomic mass is 127. The van der Waals surface area contributed by atoms with Crippen LogP contribution in [0.1, 0.15) is 15.4 Å². The van der Waals surface area contributed by atoms with Crippen molar-refractivity contribution >= 4 is 41.3 Å². The first-order chi connectivity index (χ1) is 10.2. The number of hydrogen-bond acceptors (Lipinski definition) is 3. The van der Waals surface area contributed by atoms with Crippen molar-refractivity contribution < 1.29 is 4.39 Å². The second kappa shape index (κ2) is 9.73. The first-order valence-corrected chi connectivity index (χ1v) is 7.59. The Bertz CT molecular complexity index is 598. The Labute approximate surface area is 151 Å². The van der Waals surface area contributed by atoms with E-state index in [-0.39, 0.29) is 29.8 Å². The number of rotatable bonds is 5. The highest BCUT2D eigenvalue weighted by Crippen LogP contribution is 2.10. The van der Waals surface area contributed by atoms with E-state index in [4.69, 9.17) is 0 Å². The minimum atomic E-state index is -0.205. The van der Waals surface area contributed by atoms with Crippen LogP contribution in [0.2, 0.25) is 0 Å². The smallest absolute Gasteiger partial charge is 0.191 e. The van der Waals surface area contributed by atoms with Gasteiger partial charge >= 0.3 is 0 Å². The lowest BCUT2D eigenvalue weighted by molar-refractivity contribution is 0.626. The summed E-state index contributed by atoms with van der Waals surface area (Å²) in [5.74, 6) is 0.548. The van der Waals surface area contributed by atoms with E-state index in [9.17, 15) is 4.39 Å². The molecule has 0 saturated heterocycles. The molecule has 0 radical (unpaired) electrons. The number of aromatic nitrogens is 1. The van der Waals surface area contributed by atoms with E-state index in [0.717, 1.165) is 29.5 Å². The van der Waals surface area contributed by atoms with Crippen LogP contribution < -0.4 is 10.6 Å². The van der Waals surface area contributed by atoms with Crippen LogP contribution >= 0.6 is 35.3 Å². The molecule has 0 aliphatic heterocycles. The van der Waals surface area contributed by atoms with E-state index >= 15 is 0 Å². The molecule has 0 saturated carbocycles. The molecular weight excluding hydrogens is 414 g/mol. The van der Waals surface area contributed by atoms with Gasteiger partial charge in [-0.1, -0.05) is 12.1 Å². The molecule has 7 heteroatoms. The van der Waals surface area contributed by atoms with Gasteiger partial charge in [0.25, 0.3) is 0 Å². The molecule has 0 aliphatic carbocycles. The molecule has 0 unspecified atom stereocenters. The average Bonchev–Trinajstić information content (AvgIpc) is 2.90. The van der Waals surface area contributed by atoms with Gasteiger partial charge in [-0.05, 0) is 31.0 Å². The van der Waals surface area contributed by atoms with Crippen LogP contribution in [-0.4, -0.2) is 24.5 Å². The third-order valence-corrected chi connectivity index (χ3v) is 3.85. The molecule has 0 fully saturated rings. The second-order valence-corrected chi connectivity index (χ2v) is 5.89. The van der Waals surface area contributed by atoms with Crippen LogP contribution in [0.25, 0.3) is 0 Å². The van der Waals surface area contributed by atoms with E-state index in [1.54, 1.807) is 30.5 Å². The molecular formula is C15H20FIN4S. The van der Waals surface area contributed by atoms with Crippen LogP contribution in [0.3, 0.4) is 0 Å². The van der Waals surface area contributed by atoms with Crippen molar-refractivity contribution in [1.29, 1.82) is 0 Å². The highest BCUT2D eigenvalue weighted by Gasteiger charge is 2.01. The molecule has 1 aromatic carbocycles. The normalized spacial score (nSPS) is 11.0. The van der Waals surface area contributed by atoms with Gasteiger partial charge in [0.05, 0.1) is 11.6 Å². The van der Waals surface area contributed by atoms with Crippen molar-refractivity contribution in [2.45, 2.75) is 19.9 Å². The molecule has 120 valence electrons. The summed E-state index contributed by atoms with van der Waals surface area (Å²) in [5, 5.41) is 7.54. The maximum atomic E-state index is 12.8. The summed E-state index contributed by atoms with van der Waals surface area (Å²) in [6, 6.07) is 6.56. The molecule has 1 aromatic heterocycles. The number of nitrogens with one attached hydrogen (secondary N) is 2. The maximum Gasteiger partial charge on any atom is 0.191 e. The lowest BCUT2D eigenvalue weighted by Crippen LogP contribution is -2.37. The van der Waals surface area contributed by atoms with Crippen LogP contribution in [0, 0.1) is 12.7 Å². The largest absolute Gasteiger partial charge is 0.356 e. The Hall–Kier alpha value is -1.22. The van der Waals surface area contributed by atoms with Crippen molar-refractivity contribution in [1.82, 2.24) is 15.6 Å². The molecule has 22 heavy (non-hydrogen) atoms. The van der Waals surface area contributed by atoms with Crippen molar-refractivity contribution in [2.75, 3.05) is 13.6 Å². The van der Waals surface area contributed by atoms with Crippen LogP contribution in [0.4, 0.5) is 4.39 Å². The molecule has 1 heterocycles. The van der Waals surface area contributed by atoms with E-state index < -0.39 is 0 Å². The third kappa shape index (κ3) is 6.27. The highest BCUT2D eigenvalue weighted by molar-refractivity contribution is 14.0. The van der Waals surface area contributed by atoms with Gasteiger partial charge in [0, 0.05) is 24.7 Å². The molecule has 0 spiro atoms. The number of aryl methyl sites for hydroxylation is 1. The van der Waals surface area contributed by atoms with E-state index in [0.29, 0.717) is 6.54 Å². The zero-order valence-electron chi connectivity index (χ0n) is 12.6. The Balaban J connectivity index is 0.00000242. The van der Waals surface area contributed by atoms with Gasteiger partial charge in [-0.15, -0.1) is 35.3 Å². The van der Waals surface area contributed by atoms with Crippen molar-refractivity contribution in [3.8, 4) is 0 Å². The number of halogens is 2. The molecule has 2 N–H and O–H groups in total. The van der Waals surface area contributed by atoms with Gasteiger partial charge in [-0.2, -0.15) is 0 Å². The predicted molar refractivity (Wildman–Crippen MR) is 101 cm³/mol.